The lowest BCUT2D eigenvalue weighted by atomic mass is 10.4. The molecule has 0 radical (unpaired) electrons. The van der Waals surface area contributed by atoms with E-state index >= 15 is 0 Å². The average molecular weight is 231 g/mol. The highest BCUT2D eigenvalue weighted by molar-refractivity contribution is 6.76. The van der Waals surface area contributed by atoms with E-state index in [1.807, 2.05) is 0 Å². The van der Waals surface area contributed by atoms with Crippen molar-refractivity contribution in [2.24, 2.45) is 5.18 Å². The van der Waals surface area contributed by atoms with Crippen molar-refractivity contribution in [1.29, 1.82) is 0 Å². The summed E-state index contributed by atoms with van der Waals surface area (Å²) in [6.07, 6.45) is 0. The van der Waals surface area contributed by atoms with Crippen molar-refractivity contribution in [1.82, 2.24) is 0 Å². The number of aliphatic hydroxyl groups is 1. The molecule has 1 N–H and O–H groups in total. The summed E-state index contributed by atoms with van der Waals surface area (Å²) < 4.78 is 4.82. The summed E-state index contributed by atoms with van der Waals surface area (Å²) in [5.41, 5.74) is -0.550. The van der Waals surface area contributed by atoms with Crippen molar-refractivity contribution in [2.75, 3.05) is 6.61 Å². The minimum Gasteiger partial charge on any atom is -0.510 e. The first-order valence-corrected chi connectivity index (χ1v) is 8.39. The van der Waals surface area contributed by atoms with Crippen LogP contribution in [-0.4, -0.2) is 25.8 Å². The second-order valence-electron chi connectivity index (χ2n) is 4.47. The number of hydrogen-bond donors (Lipinski definition) is 1. The zero-order valence-corrected chi connectivity index (χ0v) is 10.5. The van der Waals surface area contributed by atoms with Gasteiger partial charge in [0.05, 0.1) is 6.61 Å². The lowest BCUT2D eigenvalue weighted by Gasteiger charge is -2.14. The van der Waals surface area contributed by atoms with Crippen LogP contribution in [0.3, 0.4) is 0 Å². The molecule has 0 aromatic carbocycles. The predicted molar refractivity (Wildman–Crippen MR) is 60.2 cm³/mol. The van der Waals surface area contributed by atoms with Gasteiger partial charge in [0.15, 0.2) is 0 Å². The van der Waals surface area contributed by atoms with E-state index < -0.39 is 25.5 Å². The summed E-state index contributed by atoms with van der Waals surface area (Å²) in [6, 6.07) is 0.815. The third-order valence-electron chi connectivity index (χ3n) is 1.71. The highest BCUT2D eigenvalue weighted by Crippen LogP contribution is 2.10. The van der Waals surface area contributed by atoms with Gasteiger partial charge in [-0.2, -0.15) is 0 Å². The summed E-state index contributed by atoms with van der Waals surface area (Å²) >= 11 is 0. The summed E-state index contributed by atoms with van der Waals surface area (Å²) in [5, 5.41) is 11.4. The number of nitroso groups, excluding NO2 is 1. The first-order valence-electron chi connectivity index (χ1n) is 4.68. The smallest absolute Gasteiger partial charge is 0.364 e. The van der Waals surface area contributed by atoms with Crippen molar-refractivity contribution >= 4 is 14.0 Å². The maximum atomic E-state index is 11.2. The van der Waals surface area contributed by atoms with Crippen LogP contribution in [0, 0.1) is 4.91 Å². The predicted octanol–water partition coefficient (Wildman–Crippen LogP) is 2.42. The van der Waals surface area contributed by atoms with Crippen LogP contribution >= 0.6 is 0 Å². The van der Waals surface area contributed by atoms with Crippen molar-refractivity contribution in [3.05, 3.63) is 16.4 Å². The fourth-order valence-corrected chi connectivity index (χ4v) is 1.48. The van der Waals surface area contributed by atoms with E-state index in [2.05, 4.69) is 24.8 Å². The molecule has 0 fully saturated rings. The Balaban J connectivity index is 4.16. The Bertz CT molecular complexity index is 276. The molecule has 5 nitrogen and oxygen atoms in total. The van der Waals surface area contributed by atoms with E-state index in [-0.39, 0.29) is 6.61 Å². The molecule has 0 unspecified atom stereocenters. The van der Waals surface area contributed by atoms with Crippen LogP contribution in [0.15, 0.2) is 16.6 Å². The highest BCUT2D eigenvalue weighted by atomic mass is 28.3. The quantitative estimate of drug-likeness (QED) is 0.259. The minimum absolute atomic E-state index is 0.265. The Hall–Kier alpha value is -1.17. The van der Waals surface area contributed by atoms with Crippen molar-refractivity contribution in [2.45, 2.75) is 32.6 Å². The molecule has 0 rings (SSSR count). The van der Waals surface area contributed by atoms with Crippen LogP contribution in [0.2, 0.25) is 25.7 Å². The van der Waals surface area contributed by atoms with Gasteiger partial charge in [-0.1, -0.05) is 19.6 Å². The van der Waals surface area contributed by atoms with Gasteiger partial charge in [0.25, 0.3) is 0 Å². The Kier molecular flexibility index (Phi) is 5.20. The summed E-state index contributed by atoms with van der Waals surface area (Å²) in [4.78, 5) is 21.4. The standard InChI is InChI=1S/C9H17NO4Si/c1-7(11)8(10-13)9(12)14-5-6-15(2,3)4/h11H,5-6H2,1-4H3. The van der Waals surface area contributed by atoms with Crippen molar-refractivity contribution in [3.8, 4) is 0 Å². The van der Waals surface area contributed by atoms with Crippen LogP contribution in [0.4, 0.5) is 0 Å². The Labute approximate surface area is 90.1 Å². The maximum Gasteiger partial charge on any atom is 0.364 e. The number of hydrogen-bond acceptors (Lipinski definition) is 5. The highest BCUT2D eigenvalue weighted by Gasteiger charge is 2.18. The minimum atomic E-state index is -1.26. The zero-order valence-electron chi connectivity index (χ0n) is 9.53. The van der Waals surface area contributed by atoms with Gasteiger partial charge in [-0.05, 0) is 18.1 Å². The van der Waals surface area contributed by atoms with E-state index in [1.165, 1.54) is 6.92 Å². The van der Waals surface area contributed by atoms with Crippen LogP contribution in [-0.2, 0) is 9.53 Å². The zero-order chi connectivity index (χ0) is 12.1. The molecular weight excluding hydrogens is 214 g/mol. The molecule has 0 heterocycles. The molecule has 6 heteroatoms. The van der Waals surface area contributed by atoms with Gasteiger partial charge in [-0.25, -0.2) is 4.79 Å². The molecule has 0 saturated heterocycles. The van der Waals surface area contributed by atoms with Gasteiger partial charge in [-0.15, -0.1) is 4.91 Å². The van der Waals surface area contributed by atoms with Crippen LogP contribution in [0.25, 0.3) is 0 Å². The van der Waals surface area contributed by atoms with E-state index in [0.717, 1.165) is 6.04 Å². The fraction of sp³-hybridized carbons (Fsp3) is 0.667. The van der Waals surface area contributed by atoms with Gasteiger partial charge in [0.2, 0.25) is 5.70 Å². The molecule has 0 aliphatic rings. The second kappa shape index (κ2) is 5.65. The van der Waals surface area contributed by atoms with E-state index in [0.29, 0.717) is 0 Å². The number of carbonyl (C=O) groups excluding carboxylic acids is 1. The first kappa shape index (κ1) is 13.8. The van der Waals surface area contributed by atoms with Crippen LogP contribution in [0.1, 0.15) is 6.92 Å². The molecule has 0 aliphatic heterocycles. The number of allylic oxidation sites excluding steroid dienone is 1. The summed E-state index contributed by atoms with van der Waals surface area (Å²) in [6.45, 7) is 7.92. The lowest BCUT2D eigenvalue weighted by Crippen LogP contribution is -2.23. The monoisotopic (exact) mass is 231 g/mol. The Morgan fingerprint density at radius 2 is 1.93 bits per heavy atom. The number of aliphatic hydroxyl groups excluding tert-OH is 1. The molecule has 0 atom stereocenters. The number of ether oxygens (including phenoxy) is 1. The molecule has 86 valence electrons. The lowest BCUT2D eigenvalue weighted by molar-refractivity contribution is -0.138. The molecule has 0 aromatic rings. The van der Waals surface area contributed by atoms with Crippen molar-refractivity contribution < 1.29 is 14.6 Å². The van der Waals surface area contributed by atoms with Crippen LogP contribution in [0.5, 0.6) is 0 Å². The SMILES string of the molecule is CC(O)=C(N=O)C(=O)OCC[Si](C)(C)C. The van der Waals surface area contributed by atoms with E-state index in [9.17, 15) is 9.70 Å². The Morgan fingerprint density at radius 1 is 1.40 bits per heavy atom. The largest absolute Gasteiger partial charge is 0.510 e. The molecule has 0 bridgehead atoms. The number of rotatable bonds is 5. The summed E-state index contributed by atoms with van der Waals surface area (Å²) in [7, 11) is -1.26. The normalized spacial score (nSPS) is 13.1. The maximum absolute atomic E-state index is 11.2. The molecule has 0 spiro atoms. The second-order valence-corrected chi connectivity index (χ2v) is 10.1. The van der Waals surface area contributed by atoms with Gasteiger partial charge < -0.3 is 9.84 Å². The molecular formula is C9H17NO4Si. The topological polar surface area (TPSA) is 76.0 Å². The molecule has 0 aromatic heterocycles. The first-order chi connectivity index (χ1) is 6.78. The molecule has 0 aliphatic carbocycles. The molecule has 15 heavy (non-hydrogen) atoms. The third kappa shape index (κ3) is 6.00. The third-order valence-corrected chi connectivity index (χ3v) is 3.42. The van der Waals surface area contributed by atoms with Gasteiger partial charge in [-0.3, -0.25) is 0 Å². The van der Waals surface area contributed by atoms with Gasteiger partial charge in [0, 0.05) is 8.07 Å². The number of carbonyl (C=O) groups is 1. The fourth-order valence-electron chi connectivity index (χ4n) is 0.769. The van der Waals surface area contributed by atoms with Gasteiger partial charge >= 0.3 is 5.97 Å². The summed E-state index contributed by atoms with van der Waals surface area (Å²) in [5.74, 6) is -1.27. The average Bonchev–Trinajstić information content (AvgIpc) is 2.01. The number of esters is 1. The Morgan fingerprint density at radius 3 is 2.27 bits per heavy atom. The van der Waals surface area contributed by atoms with Crippen LogP contribution < -0.4 is 0 Å². The molecule has 0 saturated carbocycles. The van der Waals surface area contributed by atoms with Gasteiger partial charge in [0.1, 0.15) is 5.76 Å². The molecule has 0 amide bonds. The van der Waals surface area contributed by atoms with E-state index in [1.54, 1.807) is 0 Å². The number of nitrogens with zero attached hydrogens (tertiary/aromatic N) is 1. The van der Waals surface area contributed by atoms with Crippen molar-refractivity contribution in [3.63, 3.8) is 0 Å². The van der Waals surface area contributed by atoms with E-state index in [4.69, 9.17) is 9.84 Å².